The second-order valence-corrected chi connectivity index (χ2v) is 9.27. The molecule has 0 bridgehead atoms. The van der Waals surface area contributed by atoms with E-state index < -0.39 is 23.1 Å². The summed E-state index contributed by atoms with van der Waals surface area (Å²) in [6, 6.07) is 14.2. The summed E-state index contributed by atoms with van der Waals surface area (Å²) in [6.45, 7) is 5.79. The van der Waals surface area contributed by atoms with Crippen LogP contribution < -0.4 is 4.90 Å². The van der Waals surface area contributed by atoms with E-state index in [1.165, 1.54) is 9.80 Å². The Labute approximate surface area is 204 Å². The number of hydrogen-bond donors (Lipinski definition) is 1. The average molecular weight is 476 g/mol. The minimum atomic E-state index is -1.69. The van der Waals surface area contributed by atoms with Crippen LogP contribution in [0.5, 0.6) is 0 Å². The van der Waals surface area contributed by atoms with Crippen LogP contribution in [0, 0.1) is 6.92 Å². The number of likely N-dealkylation sites (N-methyl/N-ethyl adjacent to an activating group) is 1. The zero-order valence-electron chi connectivity index (χ0n) is 20.0. The number of carbonyl (C=O) groups is 3. The Morgan fingerprint density at radius 1 is 1.00 bits per heavy atom. The van der Waals surface area contributed by atoms with Crippen LogP contribution in [0.4, 0.5) is 5.69 Å². The summed E-state index contributed by atoms with van der Waals surface area (Å²) in [6.07, 6.45) is 0.582. The van der Waals surface area contributed by atoms with Crippen LogP contribution in [0.1, 0.15) is 23.1 Å². The first-order valence-corrected chi connectivity index (χ1v) is 11.9. The number of aryl methyl sites for hydroxylation is 1. The Hall–Kier alpha value is -3.49. The number of fused-ring (bicyclic) bond motifs is 2. The van der Waals surface area contributed by atoms with Gasteiger partial charge in [0.15, 0.2) is 5.54 Å². The van der Waals surface area contributed by atoms with Gasteiger partial charge in [0.25, 0.3) is 17.6 Å². The predicted octanol–water partition coefficient (Wildman–Crippen LogP) is 2.27. The molecule has 1 N–H and O–H groups in total. The normalized spacial score (nSPS) is 24.0. The van der Waals surface area contributed by atoms with E-state index in [1.807, 2.05) is 25.1 Å². The molecule has 2 aromatic carbocycles. The van der Waals surface area contributed by atoms with E-state index >= 15 is 0 Å². The number of ether oxygens (including phenoxy) is 1. The fourth-order valence-corrected chi connectivity index (χ4v) is 5.40. The Bertz CT molecular complexity index is 1220. The molecule has 1 unspecified atom stereocenters. The number of hydrogen-bond acceptors (Lipinski definition) is 6. The Balaban J connectivity index is 1.63. The maximum absolute atomic E-state index is 14.0. The van der Waals surface area contributed by atoms with Crippen molar-refractivity contribution in [2.75, 3.05) is 51.3 Å². The largest absolute Gasteiger partial charge is 0.507 e. The third-order valence-corrected chi connectivity index (χ3v) is 7.22. The number of benzene rings is 2. The molecule has 0 radical (unpaired) electrons. The highest BCUT2D eigenvalue weighted by Crippen LogP contribution is 2.53. The van der Waals surface area contributed by atoms with Crippen molar-refractivity contribution in [3.8, 4) is 0 Å². The van der Waals surface area contributed by atoms with E-state index in [-0.39, 0.29) is 17.9 Å². The third kappa shape index (κ3) is 3.56. The van der Waals surface area contributed by atoms with Crippen LogP contribution in [-0.2, 0) is 24.7 Å². The number of anilines is 1. The molecule has 0 aromatic heterocycles. The monoisotopic (exact) mass is 475 g/mol. The fraction of sp³-hybridized carbons (Fsp3) is 0.370. The molecule has 182 valence electrons. The van der Waals surface area contributed by atoms with Crippen LogP contribution in [0.2, 0.25) is 0 Å². The molecule has 8 heteroatoms. The Kier molecular flexibility index (Phi) is 5.94. The fourth-order valence-electron chi connectivity index (χ4n) is 5.40. The lowest BCUT2D eigenvalue weighted by Crippen LogP contribution is -2.52. The van der Waals surface area contributed by atoms with E-state index in [0.717, 1.165) is 18.7 Å². The Morgan fingerprint density at radius 3 is 2.40 bits per heavy atom. The van der Waals surface area contributed by atoms with Gasteiger partial charge in [0.1, 0.15) is 5.76 Å². The van der Waals surface area contributed by atoms with Crippen LogP contribution in [0.3, 0.4) is 0 Å². The molecule has 2 fully saturated rings. The zero-order chi connectivity index (χ0) is 24.7. The molecule has 3 aliphatic heterocycles. The quantitative estimate of drug-likeness (QED) is 0.405. The van der Waals surface area contributed by atoms with Crippen molar-refractivity contribution in [3.05, 3.63) is 70.8 Å². The molecule has 1 spiro atoms. The number of aliphatic hydroxyl groups is 1. The summed E-state index contributed by atoms with van der Waals surface area (Å²) in [7, 11) is 1.63. The van der Waals surface area contributed by atoms with Gasteiger partial charge in [-0.25, -0.2) is 0 Å². The maximum Gasteiger partial charge on any atom is 0.296 e. The summed E-state index contributed by atoms with van der Waals surface area (Å²) in [5.74, 6) is -2.36. The zero-order valence-corrected chi connectivity index (χ0v) is 20.0. The third-order valence-electron chi connectivity index (χ3n) is 7.22. The highest BCUT2D eigenvalue weighted by Gasteiger charge is 2.66. The van der Waals surface area contributed by atoms with Crippen LogP contribution >= 0.6 is 0 Å². The van der Waals surface area contributed by atoms with Crippen molar-refractivity contribution < 1.29 is 24.2 Å². The number of ketones is 1. The van der Waals surface area contributed by atoms with Gasteiger partial charge in [0.05, 0.1) is 18.8 Å². The molecule has 2 amide bonds. The first kappa shape index (κ1) is 23.3. The summed E-state index contributed by atoms with van der Waals surface area (Å²) < 4.78 is 5.41. The number of amides is 2. The van der Waals surface area contributed by atoms with Crippen molar-refractivity contribution in [2.45, 2.75) is 18.9 Å². The molecule has 5 rings (SSSR count). The summed E-state index contributed by atoms with van der Waals surface area (Å²) in [4.78, 5) is 46.0. The summed E-state index contributed by atoms with van der Waals surface area (Å²) in [5.41, 5.74) is 0.668. The number of carbonyl (C=O) groups excluding carboxylic acids is 3. The lowest BCUT2D eigenvalue weighted by atomic mass is 9.81. The molecule has 2 aromatic rings. The van der Waals surface area contributed by atoms with Crippen molar-refractivity contribution in [1.82, 2.24) is 9.80 Å². The highest BCUT2D eigenvalue weighted by molar-refractivity contribution is 6.50. The van der Waals surface area contributed by atoms with Crippen molar-refractivity contribution >= 4 is 29.0 Å². The van der Waals surface area contributed by atoms with Crippen molar-refractivity contribution in [1.29, 1.82) is 0 Å². The number of para-hydroxylation sites is 1. The number of aliphatic hydroxyl groups excluding tert-OH is 1. The minimum Gasteiger partial charge on any atom is -0.507 e. The van der Waals surface area contributed by atoms with E-state index in [1.54, 1.807) is 37.4 Å². The van der Waals surface area contributed by atoms with Crippen molar-refractivity contribution in [2.24, 2.45) is 0 Å². The van der Waals surface area contributed by atoms with Gasteiger partial charge in [0, 0.05) is 50.0 Å². The van der Waals surface area contributed by atoms with Crippen LogP contribution in [0.15, 0.2) is 54.1 Å². The summed E-state index contributed by atoms with van der Waals surface area (Å²) in [5, 5.41) is 11.4. The minimum absolute atomic E-state index is 0.167. The van der Waals surface area contributed by atoms with Gasteiger partial charge < -0.3 is 19.6 Å². The first-order chi connectivity index (χ1) is 16.9. The molecule has 1 atom stereocenters. The smallest absolute Gasteiger partial charge is 0.296 e. The second kappa shape index (κ2) is 8.94. The Morgan fingerprint density at radius 2 is 1.69 bits per heavy atom. The predicted molar refractivity (Wildman–Crippen MR) is 131 cm³/mol. The number of likely N-dealkylation sites (tertiary alicyclic amines) is 1. The maximum atomic E-state index is 14.0. The second-order valence-electron chi connectivity index (χ2n) is 9.27. The molecule has 2 saturated heterocycles. The van der Waals surface area contributed by atoms with E-state index in [2.05, 4.69) is 4.90 Å². The molecule has 3 heterocycles. The van der Waals surface area contributed by atoms with Gasteiger partial charge in [-0.2, -0.15) is 0 Å². The van der Waals surface area contributed by atoms with Gasteiger partial charge in [-0.1, -0.05) is 48.0 Å². The van der Waals surface area contributed by atoms with Crippen molar-refractivity contribution in [3.63, 3.8) is 0 Å². The molecule has 3 aliphatic rings. The van der Waals surface area contributed by atoms with Gasteiger partial charge >= 0.3 is 0 Å². The van der Waals surface area contributed by atoms with Gasteiger partial charge in [-0.05, 0) is 19.4 Å². The van der Waals surface area contributed by atoms with Gasteiger partial charge in [0.2, 0.25) is 0 Å². The topological polar surface area (TPSA) is 90.4 Å². The molecule has 0 saturated carbocycles. The lowest BCUT2D eigenvalue weighted by Gasteiger charge is -2.35. The van der Waals surface area contributed by atoms with E-state index in [4.69, 9.17) is 4.74 Å². The number of nitrogens with zero attached hydrogens (tertiary/aromatic N) is 3. The summed E-state index contributed by atoms with van der Waals surface area (Å²) >= 11 is 0. The number of morpholine rings is 1. The lowest BCUT2D eigenvalue weighted by molar-refractivity contribution is -0.143. The molecule has 0 aliphatic carbocycles. The molecule has 8 nitrogen and oxygen atoms in total. The van der Waals surface area contributed by atoms with Crippen LogP contribution in [-0.4, -0.2) is 78.9 Å². The average Bonchev–Trinajstić information content (AvgIpc) is 3.23. The van der Waals surface area contributed by atoms with Gasteiger partial charge in [-0.3, -0.25) is 19.3 Å². The van der Waals surface area contributed by atoms with Gasteiger partial charge in [-0.15, -0.1) is 0 Å². The van der Waals surface area contributed by atoms with E-state index in [0.29, 0.717) is 43.0 Å². The standard InChI is InChI=1S/C27H29N3O5/c1-18-8-10-19(11-9-18)23(31)22-24(32)25(33)30(13-5-12-29-14-16-35-17-15-29)27(22)20-6-3-4-7-21(20)28(2)26(27)34/h3-4,6-11,31H,5,12-17H2,1-2H3/b23-22+. The van der Waals surface area contributed by atoms with Crippen LogP contribution in [0.25, 0.3) is 5.76 Å². The SMILES string of the molecule is Cc1ccc(/C(O)=C2/C(=O)C(=O)N(CCCN3CCOCC3)C23C(=O)N(C)c2ccccc23)cc1. The number of Topliss-reactive ketones (excluding diaryl/α,β-unsaturated/α-hetero) is 1. The first-order valence-electron chi connectivity index (χ1n) is 11.9. The molecule has 35 heavy (non-hydrogen) atoms. The highest BCUT2D eigenvalue weighted by atomic mass is 16.5. The number of rotatable bonds is 5. The molecular formula is C27H29N3O5. The van der Waals surface area contributed by atoms with E-state index in [9.17, 15) is 19.5 Å². The molecular weight excluding hydrogens is 446 g/mol.